The van der Waals surface area contributed by atoms with Gasteiger partial charge in [-0.3, -0.25) is 4.79 Å². The molecule has 8 nitrogen and oxygen atoms in total. The van der Waals surface area contributed by atoms with Gasteiger partial charge < -0.3 is 19.3 Å². The lowest BCUT2D eigenvalue weighted by molar-refractivity contribution is 0.0681. The number of carbonyl (C=O) groups excluding carboxylic acids is 1. The van der Waals surface area contributed by atoms with Gasteiger partial charge in [-0.2, -0.15) is 5.10 Å². The lowest BCUT2D eigenvalue weighted by Crippen LogP contribution is -2.35. The van der Waals surface area contributed by atoms with Crippen LogP contribution < -0.4 is 10.1 Å². The van der Waals surface area contributed by atoms with Crippen LogP contribution in [0.25, 0.3) is 5.69 Å². The molecule has 0 radical (unpaired) electrons. The van der Waals surface area contributed by atoms with Gasteiger partial charge in [0, 0.05) is 17.5 Å². The maximum absolute atomic E-state index is 14.6. The Hall–Kier alpha value is -2.91. The van der Waals surface area contributed by atoms with Crippen molar-refractivity contribution < 1.29 is 23.2 Å². The van der Waals surface area contributed by atoms with Gasteiger partial charge in [-0.05, 0) is 31.4 Å². The highest BCUT2D eigenvalue weighted by atomic mass is 35.5. The van der Waals surface area contributed by atoms with E-state index in [9.17, 15) is 9.18 Å². The number of halogens is 2. The molecule has 10 heteroatoms. The lowest BCUT2D eigenvalue weighted by atomic mass is 9.96. The standard InChI is InChI=1S/C21H20ClFN4O4/c1-29-17-7-6-13(23)20(18(17)22)27-15-10-30-9-14(12(15)8-24-27)25-21(28)19-11-4-2-3-5-16(11)31-26-19/h6-8,14H,2-5,9-10H2,1H3,(H,25,28)/t14-/m1/s1. The highest BCUT2D eigenvalue weighted by molar-refractivity contribution is 6.33. The summed E-state index contributed by atoms with van der Waals surface area (Å²) in [7, 11) is 1.46. The van der Waals surface area contributed by atoms with Crippen molar-refractivity contribution in [3.63, 3.8) is 0 Å². The largest absolute Gasteiger partial charge is 0.495 e. The Labute approximate surface area is 182 Å². The Kier molecular flexibility index (Phi) is 5.15. The summed E-state index contributed by atoms with van der Waals surface area (Å²) in [5, 5.41) is 11.4. The number of nitrogens with one attached hydrogen (secondary N) is 1. The fraction of sp³-hybridized carbons (Fsp3) is 0.381. The predicted octanol–water partition coefficient (Wildman–Crippen LogP) is 3.54. The molecule has 3 aromatic rings. The molecular weight excluding hydrogens is 427 g/mol. The number of methoxy groups -OCH3 is 1. The van der Waals surface area contributed by atoms with Crippen LogP contribution in [0.3, 0.4) is 0 Å². The van der Waals surface area contributed by atoms with Gasteiger partial charge in [-0.25, -0.2) is 9.07 Å². The predicted molar refractivity (Wildman–Crippen MR) is 108 cm³/mol. The number of hydrogen-bond acceptors (Lipinski definition) is 6. The zero-order valence-electron chi connectivity index (χ0n) is 16.8. The van der Waals surface area contributed by atoms with E-state index < -0.39 is 11.9 Å². The molecule has 162 valence electrons. The maximum Gasteiger partial charge on any atom is 0.274 e. The number of aromatic nitrogens is 3. The number of hydrogen-bond donors (Lipinski definition) is 1. The Morgan fingerprint density at radius 2 is 2.19 bits per heavy atom. The van der Waals surface area contributed by atoms with Crippen LogP contribution >= 0.6 is 11.6 Å². The molecule has 1 amide bonds. The fourth-order valence-corrected chi connectivity index (χ4v) is 4.47. The second-order valence-electron chi connectivity index (χ2n) is 7.55. The number of benzene rings is 1. The summed E-state index contributed by atoms with van der Waals surface area (Å²) < 4.78 is 32.2. The molecule has 2 aliphatic rings. The van der Waals surface area contributed by atoms with Crippen molar-refractivity contribution in [1.82, 2.24) is 20.3 Å². The molecule has 0 saturated heterocycles. The van der Waals surface area contributed by atoms with E-state index in [2.05, 4.69) is 15.6 Å². The van der Waals surface area contributed by atoms with Crippen LogP contribution in [0.4, 0.5) is 4.39 Å². The molecule has 0 saturated carbocycles. The number of ether oxygens (including phenoxy) is 2. The Bertz CT molecular complexity index is 1160. The smallest absolute Gasteiger partial charge is 0.274 e. The molecule has 0 fully saturated rings. The van der Waals surface area contributed by atoms with Crippen molar-refractivity contribution >= 4 is 17.5 Å². The van der Waals surface area contributed by atoms with Gasteiger partial charge in [0.15, 0.2) is 11.5 Å². The van der Waals surface area contributed by atoms with E-state index in [0.717, 1.165) is 42.6 Å². The SMILES string of the molecule is COc1ccc(F)c(-n2ncc3c2COC[C@H]3NC(=O)c2noc3c2CCCC3)c1Cl. The molecule has 1 aliphatic carbocycles. The van der Waals surface area contributed by atoms with Crippen molar-refractivity contribution in [3.8, 4) is 11.4 Å². The van der Waals surface area contributed by atoms with E-state index in [1.807, 2.05) is 0 Å². The third kappa shape index (κ3) is 3.37. The molecule has 0 spiro atoms. The van der Waals surface area contributed by atoms with Crippen LogP contribution in [-0.4, -0.2) is 34.6 Å². The van der Waals surface area contributed by atoms with Crippen molar-refractivity contribution in [2.45, 2.75) is 38.3 Å². The second-order valence-corrected chi connectivity index (χ2v) is 7.93. The third-order valence-electron chi connectivity index (χ3n) is 5.73. The van der Waals surface area contributed by atoms with Gasteiger partial charge in [0.25, 0.3) is 5.91 Å². The number of fused-ring (bicyclic) bond motifs is 2. The van der Waals surface area contributed by atoms with Crippen LogP contribution in [0.15, 0.2) is 22.9 Å². The average molecular weight is 447 g/mol. The minimum Gasteiger partial charge on any atom is -0.495 e. The number of aryl methyl sites for hydroxylation is 1. The summed E-state index contributed by atoms with van der Waals surface area (Å²) in [6.45, 7) is 0.465. The molecule has 1 aliphatic heterocycles. The molecule has 0 bridgehead atoms. The van der Waals surface area contributed by atoms with Gasteiger partial charge in [0.05, 0.1) is 38.3 Å². The Morgan fingerprint density at radius 3 is 3.03 bits per heavy atom. The van der Waals surface area contributed by atoms with Crippen LogP contribution in [0.1, 0.15) is 52.0 Å². The van der Waals surface area contributed by atoms with Crippen LogP contribution in [-0.2, 0) is 24.2 Å². The summed E-state index contributed by atoms with van der Waals surface area (Å²) in [6, 6.07) is 2.26. The first-order chi connectivity index (χ1) is 15.1. The number of carbonyl (C=O) groups is 1. The Morgan fingerprint density at radius 1 is 1.35 bits per heavy atom. The normalized spacial score (nSPS) is 17.7. The lowest BCUT2D eigenvalue weighted by Gasteiger charge is -2.24. The zero-order chi connectivity index (χ0) is 21.5. The molecule has 2 aromatic heterocycles. The summed E-state index contributed by atoms with van der Waals surface area (Å²) in [5.41, 5.74) is 2.60. The topological polar surface area (TPSA) is 91.4 Å². The molecule has 1 N–H and O–H groups in total. The van der Waals surface area contributed by atoms with E-state index in [-0.39, 0.29) is 29.8 Å². The van der Waals surface area contributed by atoms with E-state index in [4.69, 9.17) is 25.6 Å². The molecule has 31 heavy (non-hydrogen) atoms. The van der Waals surface area contributed by atoms with Gasteiger partial charge in [0.2, 0.25) is 0 Å². The third-order valence-corrected chi connectivity index (χ3v) is 6.10. The average Bonchev–Trinajstić information content (AvgIpc) is 3.39. The van der Waals surface area contributed by atoms with Crippen molar-refractivity contribution in [3.05, 3.63) is 57.4 Å². The molecule has 5 rings (SSSR count). The first-order valence-electron chi connectivity index (χ1n) is 10.0. The van der Waals surface area contributed by atoms with Crippen LogP contribution in [0, 0.1) is 5.82 Å². The first-order valence-corrected chi connectivity index (χ1v) is 10.4. The molecule has 1 aromatic carbocycles. The van der Waals surface area contributed by atoms with E-state index in [1.54, 1.807) is 6.20 Å². The number of rotatable bonds is 4. The van der Waals surface area contributed by atoms with Crippen molar-refractivity contribution in [2.75, 3.05) is 13.7 Å². The highest BCUT2D eigenvalue weighted by Crippen LogP contribution is 2.35. The number of nitrogens with zero attached hydrogens (tertiary/aromatic N) is 3. The van der Waals surface area contributed by atoms with Crippen molar-refractivity contribution in [1.29, 1.82) is 0 Å². The number of amides is 1. The highest BCUT2D eigenvalue weighted by Gasteiger charge is 2.31. The zero-order valence-corrected chi connectivity index (χ0v) is 17.5. The molecule has 1 atom stereocenters. The van der Waals surface area contributed by atoms with Gasteiger partial charge in [-0.15, -0.1) is 0 Å². The summed E-state index contributed by atoms with van der Waals surface area (Å²) in [5.74, 6) is 0.247. The minimum absolute atomic E-state index is 0.0726. The minimum atomic E-state index is -0.544. The fourth-order valence-electron chi connectivity index (χ4n) is 4.16. The van der Waals surface area contributed by atoms with Gasteiger partial charge in [0.1, 0.15) is 22.2 Å². The second kappa shape index (κ2) is 7.97. The van der Waals surface area contributed by atoms with Gasteiger partial charge >= 0.3 is 0 Å². The molecule has 0 unspecified atom stereocenters. The van der Waals surface area contributed by atoms with Crippen LogP contribution in [0.2, 0.25) is 5.02 Å². The van der Waals surface area contributed by atoms with E-state index >= 15 is 0 Å². The monoisotopic (exact) mass is 446 g/mol. The van der Waals surface area contributed by atoms with E-state index in [0.29, 0.717) is 17.1 Å². The Balaban J connectivity index is 1.46. The summed E-state index contributed by atoms with van der Waals surface area (Å²) >= 11 is 6.35. The maximum atomic E-state index is 14.6. The van der Waals surface area contributed by atoms with E-state index in [1.165, 1.54) is 23.9 Å². The van der Waals surface area contributed by atoms with Crippen molar-refractivity contribution in [2.24, 2.45) is 0 Å². The molecular formula is C21H20ClFN4O4. The first kappa shape index (κ1) is 20.0. The summed E-state index contributed by atoms with van der Waals surface area (Å²) in [4.78, 5) is 12.9. The quantitative estimate of drug-likeness (QED) is 0.659. The van der Waals surface area contributed by atoms with Gasteiger partial charge in [-0.1, -0.05) is 16.8 Å². The summed E-state index contributed by atoms with van der Waals surface area (Å²) in [6.07, 6.45) is 5.21. The molecule has 3 heterocycles. The van der Waals surface area contributed by atoms with Crippen LogP contribution in [0.5, 0.6) is 5.75 Å².